The fraction of sp³-hybridized carbons (Fsp3) is 0.455. The first-order valence-corrected chi connectivity index (χ1v) is 20.5. The lowest BCUT2D eigenvalue weighted by molar-refractivity contribution is -0.137. The maximum Gasteiger partial charge on any atom is 0.255 e. The minimum absolute atomic E-state index is 0.0122. The molecule has 0 bridgehead atoms. The van der Waals surface area contributed by atoms with Crippen LogP contribution in [0.3, 0.4) is 0 Å². The largest absolute Gasteiger partial charge is 0.370 e. The van der Waals surface area contributed by atoms with E-state index < -0.39 is 42.6 Å². The second kappa shape index (κ2) is 14.2. The van der Waals surface area contributed by atoms with Crippen molar-refractivity contribution in [2.24, 2.45) is 5.41 Å². The number of fused-ring (bicyclic) bond motifs is 5. The number of halogens is 4. The molecule has 3 fully saturated rings. The summed E-state index contributed by atoms with van der Waals surface area (Å²) in [5.41, 5.74) is 5.51. The molecule has 0 aliphatic carbocycles. The molecule has 7 heterocycles. The number of aromatic nitrogens is 1. The van der Waals surface area contributed by atoms with Crippen LogP contribution in [0, 0.1) is 17.0 Å². The minimum Gasteiger partial charge on any atom is -0.370 e. The summed E-state index contributed by atoms with van der Waals surface area (Å²) >= 11 is 0. The Bertz CT molecular complexity index is 2410. The van der Waals surface area contributed by atoms with Gasteiger partial charge in [-0.15, -0.1) is 0 Å². The fourth-order valence-electron chi connectivity index (χ4n) is 10.9. The fourth-order valence-corrected chi connectivity index (χ4v) is 10.9. The van der Waals surface area contributed by atoms with Gasteiger partial charge in [-0.05, 0) is 85.7 Å². The summed E-state index contributed by atoms with van der Waals surface area (Å²) in [7, 11) is 0. The molecule has 3 aromatic carbocycles. The summed E-state index contributed by atoms with van der Waals surface area (Å²) in [4.78, 5) is 63.4. The highest BCUT2D eigenvalue weighted by Crippen LogP contribution is 2.46. The third-order valence-corrected chi connectivity index (χ3v) is 13.6. The van der Waals surface area contributed by atoms with Crippen molar-refractivity contribution in [1.29, 1.82) is 0 Å². The zero-order chi connectivity index (χ0) is 40.9. The number of amides is 4. The number of para-hydroxylation sites is 1. The summed E-state index contributed by atoms with van der Waals surface area (Å²) in [5.74, 6) is -2.57. The molecule has 2 N–H and O–H groups in total. The molecule has 4 aromatic rings. The average molecular weight is 812 g/mol. The van der Waals surface area contributed by atoms with E-state index in [1.165, 1.54) is 21.9 Å². The van der Waals surface area contributed by atoms with E-state index in [0.29, 0.717) is 62.5 Å². The smallest absolute Gasteiger partial charge is 0.255 e. The molecule has 308 valence electrons. The van der Waals surface area contributed by atoms with Gasteiger partial charge in [0, 0.05) is 90.6 Å². The molecule has 0 saturated carbocycles. The molecule has 1 aromatic heterocycles. The van der Waals surface area contributed by atoms with Gasteiger partial charge in [0.2, 0.25) is 17.7 Å². The number of imide groups is 1. The lowest BCUT2D eigenvalue weighted by atomic mass is 9.73. The lowest BCUT2D eigenvalue weighted by Crippen LogP contribution is -2.63. The van der Waals surface area contributed by atoms with Crippen molar-refractivity contribution in [2.45, 2.75) is 83.2 Å². The number of rotatable bonds is 7. The molecule has 6 aliphatic rings. The first-order valence-electron chi connectivity index (χ1n) is 20.5. The van der Waals surface area contributed by atoms with Crippen molar-refractivity contribution < 1.29 is 36.7 Å². The number of alkyl halides is 2. The summed E-state index contributed by atoms with van der Waals surface area (Å²) in [5, 5.41) is 3.26. The maximum atomic E-state index is 16.3. The third kappa shape index (κ3) is 6.48. The number of aromatic amines is 1. The van der Waals surface area contributed by atoms with Crippen molar-refractivity contribution in [3.05, 3.63) is 99.2 Å². The first kappa shape index (κ1) is 38.0. The summed E-state index contributed by atoms with van der Waals surface area (Å²) in [6.07, 6.45) is 0.0940. The van der Waals surface area contributed by atoms with E-state index in [9.17, 15) is 28.0 Å². The van der Waals surface area contributed by atoms with Crippen molar-refractivity contribution >= 4 is 40.2 Å². The molecule has 10 rings (SSSR count). The van der Waals surface area contributed by atoms with Crippen molar-refractivity contribution in [2.75, 3.05) is 44.2 Å². The van der Waals surface area contributed by atoms with Crippen molar-refractivity contribution in [3.8, 4) is 0 Å². The van der Waals surface area contributed by atoms with Crippen molar-refractivity contribution in [1.82, 2.24) is 29.9 Å². The predicted octanol–water partition coefficient (Wildman–Crippen LogP) is 5.25. The topological polar surface area (TPSA) is 112 Å². The Labute approximate surface area is 338 Å². The standard InChI is InChI=1S/C44H45F4N7O4/c1-24-11-31-29-5-2-3-6-34(29)49-40(31)41(54(24)19-36(47)48)39-32(45)14-28(15-33(39)46)53-22-44(23-53)9-4-10-51(21-44)20-38(57)52-16-25-12-27-18-55(35-7-8-37(56)50-42(35)58)43(59)30(27)13-26(25)17-52/h2-3,5-6,12-15,24,35-36,41,49H,4,7-11,16-23H2,1H3,(H,50,56,58)/t24-,35?,41-/m1/s1. The number of nitrogens with one attached hydrogen (secondary N) is 2. The molecule has 1 unspecified atom stereocenters. The SMILES string of the molecule is C[C@@H]1Cc2c([nH]c3ccccc23)[C@@H](c2c(F)cc(N3CC4(CCCN(CC(=O)N5Cc6cc7c(cc6C5)C(=O)N(C5CCC(=O)NC5=O)C7)C4)C3)cc2F)N1CC(F)F. The molecule has 1 spiro atoms. The van der Waals surface area contributed by atoms with Crippen LogP contribution in [0.1, 0.15) is 82.5 Å². The summed E-state index contributed by atoms with van der Waals surface area (Å²) in [6, 6.07) is 12.0. The maximum absolute atomic E-state index is 16.3. The number of hydrogen-bond donors (Lipinski definition) is 2. The highest BCUT2D eigenvalue weighted by molar-refractivity contribution is 6.05. The van der Waals surface area contributed by atoms with E-state index in [4.69, 9.17) is 0 Å². The number of nitrogens with zero attached hydrogens (tertiary/aromatic N) is 5. The van der Waals surface area contributed by atoms with Crippen LogP contribution in [-0.4, -0.2) is 106 Å². The van der Waals surface area contributed by atoms with E-state index in [1.54, 1.807) is 4.90 Å². The van der Waals surface area contributed by atoms with E-state index >= 15 is 8.78 Å². The van der Waals surface area contributed by atoms with Crippen LogP contribution < -0.4 is 10.2 Å². The van der Waals surface area contributed by atoms with Gasteiger partial charge < -0.3 is 19.7 Å². The van der Waals surface area contributed by atoms with Crippen LogP contribution in [0.5, 0.6) is 0 Å². The number of H-pyrrole nitrogens is 1. The summed E-state index contributed by atoms with van der Waals surface area (Å²) in [6.45, 7) is 5.11. The first-order chi connectivity index (χ1) is 28.3. The van der Waals surface area contributed by atoms with Gasteiger partial charge in [-0.2, -0.15) is 0 Å². The monoisotopic (exact) mass is 811 g/mol. The Morgan fingerprint density at radius 2 is 1.69 bits per heavy atom. The van der Waals surface area contributed by atoms with Crippen LogP contribution in [0.2, 0.25) is 0 Å². The highest BCUT2D eigenvalue weighted by Gasteiger charge is 2.47. The zero-order valence-corrected chi connectivity index (χ0v) is 32.7. The number of hydrogen-bond acceptors (Lipinski definition) is 7. The molecule has 0 radical (unpaired) electrons. The van der Waals surface area contributed by atoms with Gasteiger partial charge in [-0.1, -0.05) is 24.3 Å². The molecule has 3 saturated heterocycles. The molecule has 6 aliphatic heterocycles. The van der Waals surface area contributed by atoms with Crippen LogP contribution in [0.4, 0.5) is 23.2 Å². The van der Waals surface area contributed by atoms with Crippen molar-refractivity contribution in [3.63, 3.8) is 0 Å². The Morgan fingerprint density at radius 1 is 0.949 bits per heavy atom. The number of carbonyl (C=O) groups is 4. The molecule has 15 heteroatoms. The molecule has 11 nitrogen and oxygen atoms in total. The van der Waals surface area contributed by atoms with Crippen LogP contribution in [-0.2, 0) is 40.4 Å². The molecule has 3 atom stereocenters. The number of likely N-dealkylation sites (tertiary alicyclic amines) is 1. The minimum atomic E-state index is -2.68. The third-order valence-electron chi connectivity index (χ3n) is 13.6. The van der Waals surface area contributed by atoms with Gasteiger partial charge in [0.15, 0.2) is 0 Å². The van der Waals surface area contributed by atoms with Gasteiger partial charge in [-0.3, -0.25) is 34.3 Å². The Kier molecular flexibility index (Phi) is 9.12. The summed E-state index contributed by atoms with van der Waals surface area (Å²) < 4.78 is 60.5. The van der Waals surface area contributed by atoms with Gasteiger partial charge in [0.1, 0.15) is 17.7 Å². The second-order valence-corrected chi connectivity index (χ2v) is 17.5. The number of piperidine rings is 2. The number of carbonyl (C=O) groups excluding carboxylic acids is 4. The number of anilines is 1. The van der Waals surface area contributed by atoms with E-state index in [-0.39, 0.29) is 54.3 Å². The van der Waals surface area contributed by atoms with Crippen LogP contribution in [0.25, 0.3) is 10.9 Å². The Hall–Kier alpha value is -5.28. The zero-order valence-electron chi connectivity index (χ0n) is 32.7. The molecule has 59 heavy (non-hydrogen) atoms. The highest BCUT2D eigenvalue weighted by atomic mass is 19.3. The molecule has 4 amide bonds. The van der Waals surface area contributed by atoms with E-state index in [1.807, 2.05) is 48.2 Å². The lowest BCUT2D eigenvalue weighted by Gasteiger charge is -2.55. The normalized spacial score (nSPS) is 24.2. The molecular weight excluding hydrogens is 767 g/mol. The van der Waals surface area contributed by atoms with E-state index in [0.717, 1.165) is 52.5 Å². The van der Waals surface area contributed by atoms with Gasteiger partial charge in [0.05, 0.1) is 19.1 Å². The number of benzene rings is 3. The van der Waals surface area contributed by atoms with Crippen LogP contribution in [0.15, 0.2) is 48.5 Å². The second-order valence-electron chi connectivity index (χ2n) is 17.5. The Balaban J connectivity index is 0.794. The molecular formula is C44H45F4N7O4. The Morgan fingerprint density at radius 3 is 2.44 bits per heavy atom. The predicted molar refractivity (Wildman–Crippen MR) is 209 cm³/mol. The van der Waals surface area contributed by atoms with Gasteiger partial charge >= 0.3 is 0 Å². The average Bonchev–Trinajstić information content (AvgIpc) is 3.86. The van der Waals surface area contributed by atoms with Gasteiger partial charge in [-0.25, -0.2) is 17.6 Å². The van der Waals surface area contributed by atoms with Gasteiger partial charge in [0.25, 0.3) is 12.3 Å². The van der Waals surface area contributed by atoms with Crippen LogP contribution >= 0.6 is 0 Å². The quantitative estimate of drug-likeness (QED) is 0.194. The van der Waals surface area contributed by atoms with E-state index in [2.05, 4.69) is 15.2 Å².